The fraction of sp³-hybridized carbons (Fsp3) is 0.533. The Morgan fingerprint density at radius 1 is 1.26 bits per heavy atom. The lowest BCUT2D eigenvalue weighted by atomic mass is 9.83. The first kappa shape index (κ1) is 17.9. The molecule has 7 nitrogen and oxygen atoms in total. The lowest BCUT2D eigenvalue weighted by Crippen LogP contribution is -2.45. The normalized spacial score (nSPS) is 25.1. The van der Waals surface area contributed by atoms with E-state index in [0.717, 1.165) is 5.56 Å². The molecule has 1 aromatic carbocycles. The number of benzene rings is 1. The zero-order valence-corrected chi connectivity index (χ0v) is 13.6. The van der Waals surface area contributed by atoms with Crippen molar-refractivity contribution in [2.24, 2.45) is 16.8 Å². The van der Waals surface area contributed by atoms with Gasteiger partial charge in [-0.25, -0.2) is 13.6 Å². The van der Waals surface area contributed by atoms with E-state index in [0.29, 0.717) is 32.2 Å². The minimum absolute atomic E-state index is 0.0477. The highest BCUT2D eigenvalue weighted by atomic mass is 32.2. The molecule has 2 rings (SSSR count). The summed E-state index contributed by atoms with van der Waals surface area (Å²) in [5.74, 6) is -0.202. The molecule has 0 bridgehead atoms. The Morgan fingerprint density at radius 2 is 1.91 bits per heavy atom. The number of aliphatic hydroxyl groups is 1. The average molecular weight is 341 g/mol. The van der Waals surface area contributed by atoms with Gasteiger partial charge in [-0.2, -0.15) is 0 Å². The summed E-state index contributed by atoms with van der Waals surface area (Å²) in [7, 11) is -3.68. The van der Waals surface area contributed by atoms with Gasteiger partial charge < -0.3 is 16.2 Å². The van der Waals surface area contributed by atoms with Gasteiger partial charge in [-0.15, -0.1) is 0 Å². The molecule has 3 atom stereocenters. The smallest absolute Gasteiger partial charge is 0.238 e. The van der Waals surface area contributed by atoms with E-state index in [4.69, 9.17) is 10.9 Å². The molecule has 1 aliphatic carbocycles. The van der Waals surface area contributed by atoms with Gasteiger partial charge in [0, 0.05) is 18.5 Å². The molecule has 8 heteroatoms. The van der Waals surface area contributed by atoms with Crippen molar-refractivity contribution < 1.29 is 18.3 Å². The maximum atomic E-state index is 12.1. The fourth-order valence-corrected chi connectivity index (χ4v) is 3.26. The van der Waals surface area contributed by atoms with Crippen molar-refractivity contribution in [1.29, 1.82) is 0 Å². The molecule has 1 saturated carbocycles. The van der Waals surface area contributed by atoms with Gasteiger partial charge in [-0.1, -0.05) is 12.1 Å². The quantitative estimate of drug-likeness (QED) is 0.571. The van der Waals surface area contributed by atoms with Crippen LogP contribution in [0.25, 0.3) is 0 Å². The maximum Gasteiger partial charge on any atom is 0.238 e. The highest BCUT2D eigenvalue weighted by molar-refractivity contribution is 7.89. The van der Waals surface area contributed by atoms with Crippen LogP contribution in [0.15, 0.2) is 29.2 Å². The zero-order valence-electron chi connectivity index (χ0n) is 12.8. The van der Waals surface area contributed by atoms with Crippen LogP contribution in [0, 0.1) is 5.92 Å². The van der Waals surface area contributed by atoms with E-state index in [1.165, 1.54) is 12.1 Å². The Labute approximate surface area is 136 Å². The van der Waals surface area contributed by atoms with E-state index in [2.05, 4.69) is 5.32 Å². The Bertz CT molecular complexity index is 645. The van der Waals surface area contributed by atoms with Crippen LogP contribution in [-0.4, -0.2) is 38.1 Å². The lowest BCUT2D eigenvalue weighted by molar-refractivity contribution is -0.126. The third kappa shape index (κ3) is 5.00. The molecule has 128 valence electrons. The average Bonchev–Trinajstić information content (AvgIpc) is 2.49. The van der Waals surface area contributed by atoms with Crippen molar-refractivity contribution in [1.82, 2.24) is 5.32 Å². The van der Waals surface area contributed by atoms with Crippen LogP contribution in [0.3, 0.4) is 0 Å². The Hall–Kier alpha value is -1.48. The van der Waals surface area contributed by atoms with Crippen molar-refractivity contribution in [2.45, 2.75) is 42.7 Å². The summed E-state index contributed by atoms with van der Waals surface area (Å²) in [6.45, 7) is 0.460. The summed E-state index contributed by atoms with van der Waals surface area (Å²) in [6, 6.07) is 5.92. The van der Waals surface area contributed by atoms with Crippen LogP contribution in [-0.2, 0) is 21.2 Å². The minimum atomic E-state index is -3.68. The largest absolute Gasteiger partial charge is 0.392 e. The van der Waals surface area contributed by atoms with Crippen LogP contribution >= 0.6 is 0 Å². The van der Waals surface area contributed by atoms with Gasteiger partial charge in [0.2, 0.25) is 15.9 Å². The number of primary sulfonamides is 1. The monoisotopic (exact) mass is 341 g/mol. The Morgan fingerprint density at radius 3 is 2.48 bits per heavy atom. The molecule has 1 aromatic rings. The minimum Gasteiger partial charge on any atom is -0.392 e. The highest BCUT2D eigenvalue weighted by Gasteiger charge is 2.30. The van der Waals surface area contributed by atoms with Gasteiger partial charge in [0.25, 0.3) is 0 Å². The molecule has 23 heavy (non-hydrogen) atoms. The van der Waals surface area contributed by atoms with E-state index in [1.807, 2.05) is 0 Å². The topological polar surface area (TPSA) is 136 Å². The summed E-state index contributed by atoms with van der Waals surface area (Å²) < 4.78 is 22.3. The molecule has 0 heterocycles. The number of carbonyl (C=O) groups is 1. The number of sulfonamides is 1. The Balaban J connectivity index is 1.79. The predicted octanol–water partition coefficient (Wildman–Crippen LogP) is -0.519. The van der Waals surface area contributed by atoms with Crippen LogP contribution in [0.2, 0.25) is 0 Å². The van der Waals surface area contributed by atoms with Gasteiger partial charge in [0.05, 0.1) is 11.0 Å². The van der Waals surface area contributed by atoms with Crippen molar-refractivity contribution >= 4 is 15.9 Å². The second kappa shape index (κ2) is 7.39. The van der Waals surface area contributed by atoms with Gasteiger partial charge in [0.15, 0.2) is 0 Å². The molecule has 6 N–H and O–H groups in total. The van der Waals surface area contributed by atoms with Crippen molar-refractivity contribution in [3.63, 3.8) is 0 Å². The van der Waals surface area contributed by atoms with Crippen LogP contribution < -0.4 is 16.2 Å². The van der Waals surface area contributed by atoms with E-state index in [9.17, 15) is 18.3 Å². The SMILES string of the molecule is N[C@@H]1C[C@@H](C(=O)NCCc2ccc(S(N)(=O)=O)cc2)CC[C@H]1O. The summed E-state index contributed by atoms with van der Waals surface area (Å²) in [5, 5.41) is 17.5. The van der Waals surface area contributed by atoms with Gasteiger partial charge in [-0.05, 0) is 43.4 Å². The van der Waals surface area contributed by atoms with E-state index >= 15 is 0 Å². The first-order chi connectivity index (χ1) is 10.8. The van der Waals surface area contributed by atoms with E-state index in [1.54, 1.807) is 12.1 Å². The summed E-state index contributed by atoms with van der Waals surface area (Å²) >= 11 is 0. The number of hydrogen-bond donors (Lipinski definition) is 4. The number of carbonyl (C=O) groups excluding carboxylic acids is 1. The first-order valence-electron chi connectivity index (χ1n) is 7.60. The molecular formula is C15H23N3O4S. The molecule has 0 aromatic heterocycles. The van der Waals surface area contributed by atoms with E-state index in [-0.39, 0.29) is 22.8 Å². The standard InChI is InChI=1S/C15H23N3O4S/c16-13-9-11(3-6-14(13)19)15(20)18-8-7-10-1-4-12(5-2-10)23(17,21)22/h1-2,4-5,11,13-14,19H,3,6-9,16H2,(H,18,20)(H2,17,21,22)/t11-,13+,14+/m0/s1. The van der Waals surface area contributed by atoms with Gasteiger partial charge in [-0.3, -0.25) is 4.79 Å². The molecule has 1 amide bonds. The summed E-state index contributed by atoms with van der Waals surface area (Å²) in [4.78, 5) is 12.2. The fourth-order valence-electron chi connectivity index (χ4n) is 2.75. The van der Waals surface area contributed by atoms with Crippen LogP contribution in [0.1, 0.15) is 24.8 Å². The maximum absolute atomic E-state index is 12.1. The predicted molar refractivity (Wildman–Crippen MR) is 85.9 cm³/mol. The Kier molecular flexibility index (Phi) is 5.74. The number of nitrogens with two attached hydrogens (primary N) is 2. The molecule has 0 radical (unpaired) electrons. The summed E-state index contributed by atoms with van der Waals surface area (Å²) in [5.41, 5.74) is 6.70. The first-order valence-corrected chi connectivity index (χ1v) is 9.15. The van der Waals surface area contributed by atoms with Crippen molar-refractivity contribution in [3.05, 3.63) is 29.8 Å². The second-order valence-electron chi connectivity index (χ2n) is 5.97. The second-order valence-corrected chi connectivity index (χ2v) is 7.53. The van der Waals surface area contributed by atoms with Gasteiger partial charge in [0.1, 0.15) is 0 Å². The molecule has 1 aliphatic rings. The number of nitrogens with one attached hydrogen (secondary N) is 1. The third-order valence-electron chi connectivity index (χ3n) is 4.20. The number of amides is 1. The molecule has 0 unspecified atom stereocenters. The van der Waals surface area contributed by atoms with Crippen molar-refractivity contribution in [2.75, 3.05) is 6.54 Å². The van der Waals surface area contributed by atoms with Crippen LogP contribution in [0.4, 0.5) is 0 Å². The lowest BCUT2D eigenvalue weighted by Gasteiger charge is -2.30. The molecule has 1 fully saturated rings. The van der Waals surface area contributed by atoms with Crippen molar-refractivity contribution in [3.8, 4) is 0 Å². The number of hydrogen-bond acceptors (Lipinski definition) is 5. The van der Waals surface area contributed by atoms with E-state index < -0.39 is 16.1 Å². The third-order valence-corrected chi connectivity index (χ3v) is 5.13. The highest BCUT2D eigenvalue weighted by Crippen LogP contribution is 2.23. The zero-order chi connectivity index (χ0) is 17.0. The molecule has 0 saturated heterocycles. The number of rotatable bonds is 5. The molecule has 0 aliphatic heterocycles. The summed E-state index contributed by atoms with van der Waals surface area (Å²) in [6.07, 6.45) is 1.77. The van der Waals surface area contributed by atoms with Crippen LogP contribution in [0.5, 0.6) is 0 Å². The van der Waals surface area contributed by atoms with Gasteiger partial charge >= 0.3 is 0 Å². The molecular weight excluding hydrogens is 318 g/mol. The number of aliphatic hydroxyl groups excluding tert-OH is 1. The molecule has 0 spiro atoms.